The van der Waals surface area contributed by atoms with Crippen LogP contribution < -0.4 is 10.6 Å². The molecule has 1 aromatic heterocycles. The number of amides is 1. The first kappa shape index (κ1) is 18.2. The molecule has 7 heteroatoms. The van der Waals surface area contributed by atoms with E-state index in [1.54, 1.807) is 18.3 Å². The van der Waals surface area contributed by atoms with Crippen LogP contribution in [0, 0.1) is 5.82 Å². The highest BCUT2D eigenvalue weighted by Crippen LogP contribution is 2.20. The lowest BCUT2D eigenvalue weighted by Gasteiger charge is -2.11. The van der Waals surface area contributed by atoms with Gasteiger partial charge in [-0.1, -0.05) is 17.7 Å². The molecule has 0 fully saturated rings. The van der Waals surface area contributed by atoms with Gasteiger partial charge in [0.05, 0.1) is 22.5 Å². The minimum absolute atomic E-state index is 0.0617. The molecule has 0 unspecified atom stereocenters. The largest absolute Gasteiger partial charge is 0.384 e. The molecule has 1 amide bonds. The smallest absolute Gasteiger partial charge is 0.261 e. The average molecular weight is 351 g/mol. The lowest BCUT2D eigenvalue weighted by Crippen LogP contribution is -2.17. The molecule has 2 N–H and O–H groups in total. The summed E-state index contributed by atoms with van der Waals surface area (Å²) in [5.41, 5.74) is 0.669. The molecule has 24 heavy (non-hydrogen) atoms. The minimum Gasteiger partial charge on any atom is -0.384 e. The van der Waals surface area contributed by atoms with Crippen LogP contribution in [0.5, 0.6) is 0 Å². The average Bonchev–Trinajstić information content (AvgIpc) is 2.53. The van der Waals surface area contributed by atoms with Crippen molar-refractivity contribution in [3.05, 3.63) is 52.9 Å². The fourth-order valence-corrected chi connectivity index (χ4v) is 2.34. The van der Waals surface area contributed by atoms with Crippen molar-refractivity contribution < 1.29 is 9.18 Å². The highest BCUT2D eigenvalue weighted by molar-refractivity contribution is 6.34. The van der Waals surface area contributed by atoms with Crippen molar-refractivity contribution in [2.24, 2.45) is 0 Å². The standard InChI is InChI=1S/C17H20ClFN4O/c1-23(2)10-4-9-20-12-7-8-15(21-11-12)22-17(24)16-13(18)5-3-6-14(16)19/h3,5-8,11,20H,4,9-10H2,1-2H3,(H,21,22,24). The zero-order valence-corrected chi connectivity index (χ0v) is 14.4. The van der Waals surface area contributed by atoms with Crippen molar-refractivity contribution in [1.82, 2.24) is 9.88 Å². The monoisotopic (exact) mass is 350 g/mol. The lowest BCUT2D eigenvalue weighted by molar-refractivity contribution is 0.102. The van der Waals surface area contributed by atoms with Crippen LogP contribution in [0.4, 0.5) is 15.9 Å². The Morgan fingerprint density at radius 3 is 2.71 bits per heavy atom. The molecule has 1 heterocycles. The van der Waals surface area contributed by atoms with Gasteiger partial charge in [-0.3, -0.25) is 4.79 Å². The van der Waals surface area contributed by atoms with Gasteiger partial charge in [0, 0.05) is 6.54 Å². The Hall–Kier alpha value is -2.18. The Morgan fingerprint density at radius 1 is 1.29 bits per heavy atom. The molecular formula is C17H20ClFN4O. The summed E-state index contributed by atoms with van der Waals surface area (Å²) in [4.78, 5) is 18.4. The zero-order chi connectivity index (χ0) is 17.5. The van der Waals surface area contributed by atoms with Gasteiger partial charge in [0.2, 0.25) is 0 Å². The number of pyridine rings is 1. The summed E-state index contributed by atoms with van der Waals surface area (Å²) in [6.45, 7) is 1.83. The molecule has 5 nitrogen and oxygen atoms in total. The van der Waals surface area contributed by atoms with Crippen LogP contribution in [0.3, 0.4) is 0 Å². The summed E-state index contributed by atoms with van der Waals surface area (Å²) in [6, 6.07) is 7.56. The van der Waals surface area contributed by atoms with E-state index in [4.69, 9.17) is 11.6 Å². The van der Waals surface area contributed by atoms with Gasteiger partial charge in [-0.2, -0.15) is 0 Å². The van der Waals surface area contributed by atoms with Gasteiger partial charge in [-0.05, 0) is 51.3 Å². The van der Waals surface area contributed by atoms with Gasteiger partial charge >= 0.3 is 0 Å². The predicted molar refractivity (Wildman–Crippen MR) is 95.3 cm³/mol. The number of anilines is 2. The maximum absolute atomic E-state index is 13.7. The second-order valence-electron chi connectivity index (χ2n) is 5.57. The Bertz CT molecular complexity index is 671. The molecule has 0 spiro atoms. The van der Waals surface area contributed by atoms with Crippen molar-refractivity contribution in [2.75, 3.05) is 37.8 Å². The van der Waals surface area contributed by atoms with Gasteiger partial charge in [-0.25, -0.2) is 9.37 Å². The third-order valence-electron chi connectivity index (χ3n) is 3.31. The van der Waals surface area contributed by atoms with Gasteiger partial charge in [0.1, 0.15) is 11.6 Å². The number of nitrogens with one attached hydrogen (secondary N) is 2. The molecular weight excluding hydrogens is 331 g/mol. The van der Waals surface area contributed by atoms with E-state index < -0.39 is 11.7 Å². The number of halogens is 2. The topological polar surface area (TPSA) is 57.3 Å². The van der Waals surface area contributed by atoms with E-state index in [2.05, 4.69) is 20.5 Å². The summed E-state index contributed by atoms with van der Waals surface area (Å²) in [6.07, 6.45) is 2.63. The third-order valence-corrected chi connectivity index (χ3v) is 3.62. The van der Waals surface area contributed by atoms with E-state index in [1.165, 1.54) is 18.2 Å². The van der Waals surface area contributed by atoms with Crippen LogP contribution >= 0.6 is 11.6 Å². The number of hydrogen-bond donors (Lipinski definition) is 2. The van der Waals surface area contributed by atoms with Gasteiger partial charge < -0.3 is 15.5 Å². The fraction of sp³-hybridized carbons (Fsp3) is 0.294. The number of benzene rings is 1. The molecule has 0 radical (unpaired) electrons. The van der Waals surface area contributed by atoms with Crippen LogP contribution in [-0.2, 0) is 0 Å². The second-order valence-corrected chi connectivity index (χ2v) is 5.97. The van der Waals surface area contributed by atoms with Crippen LogP contribution in [-0.4, -0.2) is 43.0 Å². The van der Waals surface area contributed by atoms with Gasteiger partial charge in [0.25, 0.3) is 5.91 Å². The van der Waals surface area contributed by atoms with Crippen molar-refractivity contribution in [1.29, 1.82) is 0 Å². The molecule has 0 aliphatic rings. The summed E-state index contributed by atoms with van der Waals surface area (Å²) >= 11 is 5.87. The molecule has 2 aromatic rings. The van der Waals surface area contributed by atoms with E-state index in [1.807, 2.05) is 14.1 Å². The van der Waals surface area contributed by atoms with Gasteiger partial charge in [0.15, 0.2) is 0 Å². The van der Waals surface area contributed by atoms with Crippen LogP contribution in [0.2, 0.25) is 5.02 Å². The Morgan fingerprint density at radius 2 is 2.08 bits per heavy atom. The third kappa shape index (κ3) is 5.18. The summed E-state index contributed by atoms with van der Waals surface area (Å²) in [7, 11) is 4.06. The van der Waals surface area contributed by atoms with Crippen LogP contribution in [0.1, 0.15) is 16.8 Å². The molecule has 0 bridgehead atoms. The number of nitrogens with zero attached hydrogens (tertiary/aromatic N) is 2. The number of hydrogen-bond acceptors (Lipinski definition) is 4. The summed E-state index contributed by atoms with van der Waals surface area (Å²) in [5, 5.41) is 5.85. The molecule has 0 aliphatic carbocycles. The summed E-state index contributed by atoms with van der Waals surface area (Å²) < 4.78 is 13.7. The van der Waals surface area contributed by atoms with Crippen LogP contribution in [0.15, 0.2) is 36.5 Å². The van der Waals surface area contributed by atoms with E-state index in [9.17, 15) is 9.18 Å². The summed E-state index contributed by atoms with van der Waals surface area (Å²) in [5.74, 6) is -0.963. The molecule has 1 aromatic carbocycles. The van der Waals surface area contributed by atoms with E-state index in [0.717, 1.165) is 25.2 Å². The van der Waals surface area contributed by atoms with E-state index in [0.29, 0.717) is 5.82 Å². The molecule has 128 valence electrons. The minimum atomic E-state index is -0.667. The van der Waals surface area contributed by atoms with E-state index in [-0.39, 0.29) is 10.6 Å². The fourth-order valence-electron chi connectivity index (χ4n) is 2.09. The molecule has 0 saturated carbocycles. The second kappa shape index (κ2) is 8.61. The highest BCUT2D eigenvalue weighted by Gasteiger charge is 2.16. The van der Waals surface area contributed by atoms with Crippen molar-refractivity contribution in [3.8, 4) is 0 Å². The predicted octanol–water partition coefficient (Wildman–Crippen LogP) is 3.49. The number of rotatable bonds is 7. The molecule has 0 aliphatic heterocycles. The quantitative estimate of drug-likeness (QED) is 0.750. The molecule has 0 saturated heterocycles. The normalized spacial score (nSPS) is 10.7. The highest BCUT2D eigenvalue weighted by atomic mass is 35.5. The van der Waals surface area contributed by atoms with E-state index >= 15 is 0 Å². The number of carbonyl (C=O) groups is 1. The van der Waals surface area contributed by atoms with Crippen molar-refractivity contribution >= 4 is 29.0 Å². The Labute approximate surface area is 145 Å². The number of aromatic nitrogens is 1. The van der Waals surface area contributed by atoms with Crippen molar-refractivity contribution in [3.63, 3.8) is 0 Å². The number of carbonyl (C=O) groups excluding carboxylic acids is 1. The first-order chi connectivity index (χ1) is 11.5. The van der Waals surface area contributed by atoms with Crippen molar-refractivity contribution in [2.45, 2.75) is 6.42 Å². The molecule has 2 rings (SSSR count). The Balaban J connectivity index is 1.93. The van der Waals surface area contributed by atoms with Crippen LogP contribution in [0.25, 0.3) is 0 Å². The first-order valence-corrected chi connectivity index (χ1v) is 7.95. The van der Waals surface area contributed by atoms with Gasteiger partial charge in [-0.15, -0.1) is 0 Å². The maximum atomic E-state index is 13.7. The zero-order valence-electron chi connectivity index (χ0n) is 13.6. The lowest BCUT2D eigenvalue weighted by atomic mass is 10.2. The SMILES string of the molecule is CN(C)CCCNc1ccc(NC(=O)c2c(F)cccc2Cl)nc1. The molecule has 0 atom stereocenters. The maximum Gasteiger partial charge on any atom is 0.261 e. The first-order valence-electron chi connectivity index (χ1n) is 7.57. The Kier molecular flexibility index (Phi) is 6.52.